The van der Waals surface area contributed by atoms with E-state index < -0.39 is 0 Å². The van der Waals surface area contributed by atoms with Gasteiger partial charge in [-0.05, 0) is 18.2 Å². The summed E-state index contributed by atoms with van der Waals surface area (Å²) in [6, 6.07) is 5.60. The largest absolute Gasteiger partial charge is 0.340 e. The van der Waals surface area contributed by atoms with Crippen LogP contribution >= 0.6 is 23.2 Å². The minimum Gasteiger partial charge on any atom is -0.340 e. The van der Waals surface area contributed by atoms with E-state index in [4.69, 9.17) is 27.7 Å². The van der Waals surface area contributed by atoms with Crippen LogP contribution in [0.1, 0.15) is 17.5 Å². The monoisotopic (exact) mass is 310 g/mol. The minimum absolute atomic E-state index is 0.487. The molecule has 20 heavy (non-hydrogen) atoms. The van der Waals surface area contributed by atoms with Gasteiger partial charge in [0.1, 0.15) is 5.82 Å². The number of benzene rings is 1. The van der Waals surface area contributed by atoms with Crippen LogP contribution in [-0.2, 0) is 13.0 Å². The molecule has 0 fully saturated rings. The summed E-state index contributed by atoms with van der Waals surface area (Å²) in [7, 11) is 0. The summed E-state index contributed by atoms with van der Waals surface area (Å²) in [5.74, 6) is 2.54. The normalized spacial score (nSPS) is 11.3. The number of hydrogen-bond donors (Lipinski definition) is 0. The highest BCUT2D eigenvalue weighted by Gasteiger charge is 2.13. The van der Waals surface area contributed by atoms with Crippen LogP contribution in [0.5, 0.6) is 0 Å². The van der Waals surface area contributed by atoms with Crippen molar-refractivity contribution in [3.05, 3.63) is 40.8 Å². The highest BCUT2D eigenvalue weighted by Crippen LogP contribution is 2.22. The van der Waals surface area contributed by atoms with Gasteiger partial charge in [0.25, 0.3) is 0 Å². The van der Waals surface area contributed by atoms with Crippen molar-refractivity contribution >= 4 is 34.2 Å². The molecular weight excluding hydrogens is 299 g/mol. The maximum atomic E-state index is 6.07. The molecule has 2 heterocycles. The predicted molar refractivity (Wildman–Crippen MR) is 77.3 cm³/mol. The van der Waals surface area contributed by atoms with E-state index in [-0.39, 0.29) is 0 Å². The zero-order chi connectivity index (χ0) is 14.1. The van der Waals surface area contributed by atoms with Crippen molar-refractivity contribution in [1.82, 2.24) is 19.7 Å². The van der Waals surface area contributed by atoms with Crippen molar-refractivity contribution in [2.45, 2.75) is 19.9 Å². The maximum Gasteiger partial charge on any atom is 0.223 e. The summed E-state index contributed by atoms with van der Waals surface area (Å²) in [6.07, 6.45) is 0.671. The van der Waals surface area contributed by atoms with Crippen LogP contribution in [0.2, 0.25) is 5.02 Å². The van der Waals surface area contributed by atoms with E-state index in [1.54, 1.807) is 6.92 Å². The lowest BCUT2D eigenvalue weighted by atomic mass is 10.3. The average Bonchev–Trinajstić information content (AvgIpc) is 2.96. The van der Waals surface area contributed by atoms with Gasteiger partial charge in [-0.25, -0.2) is 4.98 Å². The lowest BCUT2D eigenvalue weighted by molar-refractivity contribution is 0.386. The summed E-state index contributed by atoms with van der Waals surface area (Å²) in [5.41, 5.74) is 1.83. The van der Waals surface area contributed by atoms with E-state index in [0.29, 0.717) is 35.6 Å². The predicted octanol–water partition coefficient (Wildman–Crippen LogP) is 3.21. The van der Waals surface area contributed by atoms with Gasteiger partial charge in [-0.2, -0.15) is 4.98 Å². The second-order valence-corrected chi connectivity index (χ2v) is 5.23. The molecule has 0 saturated heterocycles. The summed E-state index contributed by atoms with van der Waals surface area (Å²) in [5, 5.41) is 4.59. The molecule has 0 atom stereocenters. The molecule has 0 saturated carbocycles. The third-order valence-corrected chi connectivity index (χ3v) is 3.40. The van der Waals surface area contributed by atoms with Gasteiger partial charge in [0, 0.05) is 24.2 Å². The van der Waals surface area contributed by atoms with Gasteiger partial charge in [0.2, 0.25) is 5.89 Å². The molecule has 2 aromatic heterocycles. The highest BCUT2D eigenvalue weighted by molar-refractivity contribution is 6.31. The standard InChI is InChI=1S/C13H12Cl2N4O/c1-8-16-12(18-20-8)7-19-11-6-9(15)2-3-10(11)17-13(19)4-5-14/h2-3,6H,4-5,7H2,1H3. The summed E-state index contributed by atoms with van der Waals surface area (Å²) >= 11 is 11.9. The van der Waals surface area contributed by atoms with Crippen molar-refractivity contribution in [3.8, 4) is 0 Å². The summed E-state index contributed by atoms with van der Waals surface area (Å²) in [6.45, 7) is 2.25. The zero-order valence-electron chi connectivity index (χ0n) is 10.8. The first-order valence-electron chi connectivity index (χ1n) is 6.17. The molecule has 7 heteroatoms. The van der Waals surface area contributed by atoms with Gasteiger partial charge < -0.3 is 9.09 Å². The molecule has 0 aliphatic rings. The van der Waals surface area contributed by atoms with E-state index in [1.807, 2.05) is 22.8 Å². The second-order valence-electron chi connectivity index (χ2n) is 4.42. The van der Waals surface area contributed by atoms with Crippen molar-refractivity contribution in [1.29, 1.82) is 0 Å². The van der Waals surface area contributed by atoms with Gasteiger partial charge >= 0.3 is 0 Å². The molecule has 0 amide bonds. The Morgan fingerprint density at radius 3 is 2.85 bits per heavy atom. The number of aromatic nitrogens is 4. The fourth-order valence-electron chi connectivity index (χ4n) is 2.14. The first-order valence-corrected chi connectivity index (χ1v) is 7.08. The molecular formula is C13H12Cl2N4O. The Kier molecular flexibility index (Phi) is 3.63. The van der Waals surface area contributed by atoms with E-state index in [2.05, 4.69) is 15.1 Å². The number of halogens is 2. The van der Waals surface area contributed by atoms with Crippen LogP contribution in [0.25, 0.3) is 11.0 Å². The Labute approximate surface area is 125 Å². The molecule has 0 aliphatic carbocycles. The van der Waals surface area contributed by atoms with E-state index >= 15 is 0 Å². The van der Waals surface area contributed by atoms with Gasteiger partial charge in [-0.1, -0.05) is 16.8 Å². The van der Waals surface area contributed by atoms with Crippen LogP contribution in [0, 0.1) is 6.92 Å². The fourth-order valence-corrected chi connectivity index (χ4v) is 2.48. The Morgan fingerprint density at radius 1 is 1.30 bits per heavy atom. The number of aryl methyl sites for hydroxylation is 2. The van der Waals surface area contributed by atoms with E-state index in [0.717, 1.165) is 16.9 Å². The lowest BCUT2D eigenvalue weighted by Gasteiger charge is -2.05. The van der Waals surface area contributed by atoms with Gasteiger partial charge in [0.05, 0.1) is 17.6 Å². The molecule has 0 bridgehead atoms. The van der Waals surface area contributed by atoms with Crippen LogP contribution in [-0.4, -0.2) is 25.6 Å². The average molecular weight is 311 g/mol. The van der Waals surface area contributed by atoms with Crippen molar-refractivity contribution in [2.24, 2.45) is 0 Å². The molecule has 104 valence electrons. The fraction of sp³-hybridized carbons (Fsp3) is 0.308. The Bertz CT molecular complexity index is 750. The van der Waals surface area contributed by atoms with Gasteiger partial charge in [0.15, 0.2) is 5.82 Å². The molecule has 0 unspecified atom stereocenters. The number of rotatable bonds is 4. The van der Waals surface area contributed by atoms with Crippen molar-refractivity contribution < 1.29 is 4.52 Å². The molecule has 3 rings (SSSR count). The third-order valence-electron chi connectivity index (χ3n) is 2.98. The molecule has 3 aromatic rings. The number of imidazole rings is 1. The quantitative estimate of drug-likeness (QED) is 0.694. The molecule has 5 nitrogen and oxygen atoms in total. The Hall–Kier alpha value is -1.59. The molecule has 0 spiro atoms. The maximum absolute atomic E-state index is 6.07. The zero-order valence-corrected chi connectivity index (χ0v) is 12.3. The van der Waals surface area contributed by atoms with Crippen LogP contribution in [0.4, 0.5) is 0 Å². The number of nitrogens with zero attached hydrogens (tertiary/aromatic N) is 4. The van der Waals surface area contributed by atoms with E-state index in [1.165, 1.54) is 0 Å². The lowest BCUT2D eigenvalue weighted by Crippen LogP contribution is -2.07. The summed E-state index contributed by atoms with van der Waals surface area (Å²) in [4.78, 5) is 8.80. The number of alkyl halides is 1. The summed E-state index contributed by atoms with van der Waals surface area (Å²) < 4.78 is 7.02. The first kappa shape index (κ1) is 13.4. The highest BCUT2D eigenvalue weighted by atomic mass is 35.5. The third kappa shape index (κ3) is 2.51. The van der Waals surface area contributed by atoms with Crippen LogP contribution in [0.15, 0.2) is 22.7 Å². The van der Waals surface area contributed by atoms with E-state index in [9.17, 15) is 0 Å². The SMILES string of the molecule is Cc1nc(Cn2c(CCCl)nc3ccc(Cl)cc32)no1. The smallest absolute Gasteiger partial charge is 0.223 e. The van der Waals surface area contributed by atoms with Crippen molar-refractivity contribution in [2.75, 3.05) is 5.88 Å². The number of hydrogen-bond acceptors (Lipinski definition) is 4. The Balaban J connectivity index is 2.09. The Morgan fingerprint density at radius 2 is 2.15 bits per heavy atom. The van der Waals surface area contributed by atoms with Crippen LogP contribution < -0.4 is 0 Å². The topological polar surface area (TPSA) is 56.7 Å². The van der Waals surface area contributed by atoms with Gasteiger partial charge in [-0.3, -0.25) is 0 Å². The van der Waals surface area contributed by atoms with Crippen LogP contribution in [0.3, 0.4) is 0 Å². The molecule has 0 radical (unpaired) electrons. The second kappa shape index (κ2) is 5.42. The molecule has 1 aromatic carbocycles. The first-order chi connectivity index (χ1) is 9.67. The molecule has 0 N–H and O–H groups in total. The van der Waals surface area contributed by atoms with Crippen molar-refractivity contribution in [3.63, 3.8) is 0 Å². The number of fused-ring (bicyclic) bond motifs is 1. The molecule has 0 aliphatic heterocycles. The minimum atomic E-state index is 0.487. The van der Waals surface area contributed by atoms with Gasteiger partial charge in [-0.15, -0.1) is 11.6 Å².